The van der Waals surface area contributed by atoms with Crippen LogP contribution in [0.3, 0.4) is 0 Å². The van der Waals surface area contributed by atoms with Gasteiger partial charge in [0.1, 0.15) is 10.7 Å². The van der Waals surface area contributed by atoms with Crippen LogP contribution < -0.4 is 16.4 Å². The van der Waals surface area contributed by atoms with E-state index in [-0.39, 0.29) is 5.96 Å². The molecule has 1 aliphatic carbocycles. The van der Waals surface area contributed by atoms with Gasteiger partial charge in [0.25, 0.3) is 0 Å². The monoisotopic (exact) mass is 417 g/mol. The standard InChI is InChI=1S/C22H23N7S/c23-20-27-21(24)29(22(28-20)9-2-1-3-10-22)17-8-4-6-15(12-17)19-26-18(14-30-19)16-7-5-11-25-13-16/h4-8,11-14H,1-3,9-10H2,(H4,23,24,27,28). The molecule has 2 aromatic heterocycles. The van der Waals surface area contributed by atoms with E-state index in [0.717, 1.165) is 53.2 Å². The zero-order valence-electron chi connectivity index (χ0n) is 16.5. The van der Waals surface area contributed by atoms with Crippen molar-refractivity contribution in [2.45, 2.75) is 37.8 Å². The molecular formula is C22H23N7S. The van der Waals surface area contributed by atoms with E-state index in [2.05, 4.69) is 38.5 Å². The van der Waals surface area contributed by atoms with Gasteiger partial charge >= 0.3 is 0 Å². The third-order valence-corrected chi connectivity index (χ3v) is 6.56. The quantitative estimate of drug-likeness (QED) is 0.670. The number of guanidine groups is 2. The highest BCUT2D eigenvalue weighted by atomic mass is 32.1. The minimum absolute atomic E-state index is 0.267. The molecule has 1 saturated carbocycles. The van der Waals surface area contributed by atoms with Crippen LogP contribution in [0.25, 0.3) is 21.8 Å². The highest BCUT2D eigenvalue weighted by molar-refractivity contribution is 7.13. The van der Waals surface area contributed by atoms with Crippen molar-refractivity contribution < 1.29 is 0 Å². The van der Waals surface area contributed by atoms with Gasteiger partial charge in [-0.1, -0.05) is 18.6 Å². The van der Waals surface area contributed by atoms with Crippen LogP contribution in [0.15, 0.2) is 64.2 Å². The zero-order valence-corrected chi connectivity index (χ0v) is 17.3. The first-order valence-electron chi connectivity index (χ1n) is 10.1. The van der Waals surface area contributed by atoms with E-state index in [1.54, 1.807) is 17.5 Å². The van der Waals surface area contributed by atoms with E-state index >= 15 is 0 Å². The van der Waals surface area contributed by atoms with Crippen molar-refractivity contribution in [3.63, 3.8) is 0 Å². The molecule has 0 atom stereocenters. The molecule has 152 valence electrons. The molecule has 5 rings (SSSR count). The highest BCUT2D eigenvalue weighted by Crippen LogP contribution is 2.40. The minimum Gasteiger partial charge on any atom is -0.369 e. The fourth-order valence-electron chi connectivity index (χ4n) is 4.33. The number of benzene rings is 1. The number of rotatable bonds is 3. The molecule has 3 heterocycles. The van der Waals surface area contributed by atoms with Gasteiger partial charge < -0.3 is 11.5 Å². The van der Waals surface area contributed by atoms with Crippen molar-refractivity contribution >= 4 is 28.9 Å². The molecule has 8 heteroatoms. The summed E-state index contributed by atoms with van der Waals surface area (Å²) in [4.78, 5) is 20.1. The number of hydrogen-bond acceptors (Lipinski definition) is 8. The largest absolute Gasteiger partial charge is 0.369 e. The summed E-state index contributed by atoms with van der Waals surface area (Å²) in [5.41, 5.74) is 15.8. The first-order chi connectivity index (χ1) is 14.6. The Balaban J connectivity index is 1.52. The first kappa shape index (κ1) is 18.7. The predicted molar refractivity (Wildman–Crippen MR) is 122 cm³/mol. The molecule has 30 heavy (non-hydrogen) atoms. The molecule has 0 amide bonds. The van der Waals surface area contributed by atoms with Crippen LogP contribution >= 0.6 is 11.3 Å². The molecule has 0 bridgehead atoms. The maximum Gasteiger partial charge on any atom is 0.220 e. The summed E-state index contributed by atoms with van der Waals surface area (Å²) in [5.74, 6) is 0.666. The molecule has 1 aromatic carbocycles. The van der Waals surface area contributed by atoms with Crippen LogP contribution in [0.1, 0.15) is 32.1 Å². The topological polar surface area (TPSA) is 106 Å². The summed E-state index contributed by atoms with van der Waals surface area (Å²) in [6.07, 6.45) is 8.82. The van der Waals surface area contributed by atoms with Crippen molar-refractivity contribution in [3.8, 4) is 21.8 Å². The molecule has 1 spiro atoms. The van der Waals surface area contributed by atoms with Crippen LogP contribution in [-0.2, 0) is 0 Å². The smallest absolute Gasteiger partial charge is 0.220 e. The van der Waals surface area contributed by atoms with Gasteiger partial charge in [-0.25, -0.2) is 9.98 Å². The Hall–Kier alpha value is -3.26. The average Bonchev–Trinajstić information content (AvgIpc) is 3.25. The summed E-state index contributed by atoms with van der Waals surface area (Å²) >= 11 is 1.61. The Labute approximate surface area is 179 Å². The third kappa shape index (κ3) is 3.33. The van der Waals surface area contributed by atoms with Crippen LogP contribution in [0.4, 0.5) is 5.69 Å². The lowest BCUT2D eigenvalue weighted by molar-refractivity contribution is 0.305. The zero-order chi connectivity index (χ0) is 20.6. The average molecular weight is 418 g/mol. The molecule has 3 aromatic rings. The Morgan fingerprint density at radius 3 is 2.63 bits per heavy atom. The molecule has 2 aliphatic rings. The minimum atomic E-state index is -0.448. The fraction of sp³-hybridized carbons (Fsp3) is 0.273. The molecule has 0 saturated heterocycles. The summed E-state index contributed by atoms with van der Waals surface area (Å²) in [7, 11) is 0. The van der Waals surface area contributed by atoms with Crippen molar-refractivity contribution in [2.75, 3.05) is 4.90 Å². The lowest BCUT2D eigenvalue weighted by Gasteiger charge is -2.45. The number of pyridine rings is 1. The number of nitrogens with zero attached hydrogens (tertiary/aromatic N) is 5. The van der Waals surface area contributed by atoms with E-state index < -0.39 is 5.66 Å². The maximum atomic E-state index is 6.37. The third-order valence-electron chi connectivity index (χ3n) is 5.66. The lowest BCUT2D eigenvalue weighted by atomic mass is 9.87. The van der Waals surface area contributed by atoms with E-state index in [1.807, 2.05) is 24.4 Å². The molecule has 0 unspecified atom stereocenters. The van der Waals surface area contributed by atoms with E-state index in [4.69, 9.17) is 21.4 Å². The number of aliphatic imine (C=N–C) groups is 2. The van der Waals surface area contributed by atoms with Crippen molar-refractivity contribution in [3.05, 3.63) is 54.2 Å². The molecule has 4 N–H and O–H groups in total. The van der Waals surface area contributed by atoms with Crippen LogP contribution in [0.2, 0.25) is 0 Å². The van der Waals surface area contributed by atoms with Gasteiger partial charge in [0.15, 0.2) is 0 Å². The summed E-state index contributed by atoms with van der Waals surface area (Å²) in [6, 6.07) is 12.2. The second-order valence-electron chi connectivity index (χ2n) is 7.65. The number of nitrogens with two attached hydrogens (primary N) is 2. The molecular weight excluding hydrogens is 394 g/mol. The molecule has 1 fully saturated rings. The maximum absolute atomic E-state index is 6.37. The predicted octanol–water partition coefficient (Wildman–Crippen LogP) is 3.98. The molecule has 0 radical (unpaired) electrons. The van der Waals surface area contributed by atoms with Gasteiger partial charge in [0, 0.05) is 34.6 Å². The first-order valence-corrected chi connectivity index (χ1v) is 11.0. The van der Waals surface area contributed by atoms with Crippen LogP contribution in [0.5, 0.6) is 0 Å². The second-order valence-corrected chi connectivity index (χ2v) is 8.51. The van der Waals surface area contributed by atoms with Crippen molar-refractivity contribution in [1.82, 2.24) is 9.97 Å². The lowest BCUT2D eigenvalue weighted by Crippen LogP contribution is -2.58. The second kappa shape index (κ2) is 7.53. The Morgan fingerprint density at radius 1 is 1.00 bits per heavy atom. The molecule has 1 aliphatic heterocycles. The van der Waals surface area contributed by atoms with Gasteiger partial charge in [-0.05, 0) is 49.9 Å². The Bertz CT molecular complexity index is 1110. The van der Waals surface area contributed by atoms with E-state index in [0.29, 0.717) is 5.96 Å². The van der Waals surface area contributed by atoms with E-state index in [1.165, 1.54) is 6.42 Å². The van der Waals surface area contributed by atoms with Crippen LogP contribution in [-0.4, -0.2) is 27.5 Å². The number of aromatic nitrogens is 2. The SMILES string of the molecule is NC1=NC2(CCCCC2)N(c2cccc(-c3nc(-c4cccnc4)cs3)c2)C(N)=N1. The number of hydrogen-bond donors (Lipinski definition) is 2. The van der Waals surface area contributed by atoms with Gasteiger partial charge in [-0.2, -0.15) is 4.99 Å². The van der Waals surface area contributed by atoms with Gasteiger partial charge in [-0.3, -0.25) is 9.88 Å². The fourth-order valence-corrected chi connectivity index (χ4v) is 5.15. The number of thiazole rings is 1. The summed E-state index contributed by atoms with van der Waals surface area (Å²) in [6.45, 7) is 0. The Kier molecular flexibility index (Phi) is 4.71. The molecule has 7 nitrogen and oxygen atoms in total. The van der Waals surface area contributed by atoms with Gasteiger partial charge in [0.2, 0.25) is 11.9 Å². The van der Waals surface area contributed by atoms with Gasteiger partial charge in [0.05, 0.1) is 5.69 Å². The van der Waals surface area contributed by atoms with Crippen LogP contribution in [0, 0.1) is 0 Å². The summed E-state index contributed by atoms with van der Waals surface area (Å²) < 4.78 is 0. The highest BCUT2D eigenvalue weighted by Gasteiger charge is 2.42. The summed E-state index contributed by atoms with van der Waals surface area (Å²) in [5, 5.41) is 3.01. The van der Waals surface area contributed by atoms with Crippen molar-refractivity contribution in [1.29, 1.82) is 0 Å². The van der Waals surface area contributed by atoms with E-state index in [9.17, 15) is 0 Å². The number of anilines is 1. The Morgan fingerprint density at radius 2 is 1.83 bits per heavy atom. The normalized spacial score (nSPS) is 18.2. The van der Waals surface area contributed by atoms with Gasteiger partial charge in [-0.15, -0.1) is 11.3 Å². The van der Waals surface area contributed by atoms with Crippen molar-refractivity contribution in [2.24, 2.45) is 21.5 Å².